The molecule has 0 spiro atoms. The standard InChI is InChI=1S/C32H44N6O6/c1-22-37(18-20-41-25-12-8-23(9-13-25)27(33)35-29(39)43-31(2,3)4)16-17-38(22)19-21-42-26-14-10-24(11-15-26)28(34)36-30(40)44-32(5,6)7/h8-17,22H,18-21H2,1-7H3,(H2,33,35,39)(H2,34,36,40). The molecule has 238 valence electrons. The lowest BCUT2D eigenvalue weighted by atomic mass is 10.2. The Labute approximate surface area is 259 Å². The molecule has 0 aromatic heterocycles. The molecule has 1 atom stereocenters. The van der Waals surface area contributed by atoms with E-state index in [1.54, 1.807) is 90.1 Å². The second-order valence-corrected chi connectivity index (χ2v) is 12.1. The highest BCUT2D eigenvalue weighted by Gasteiger charge is 2.22. The second-order valence-electron chi connectivity index (χ2n) is 12.1. The Hall–Kier alpha value is -4.74. The third-order valence-corrected chi connectivity index (χ3v) is 6.17. The molecule has 1 heterocycles. The maximum atomic E-state index is 11.9. The van der Waals surface area contributed by atoms with Crippen LogP contribution in [0.25, 0.3) is 0 Å². The molecule has 4 N–H and O–H groups in total. The van der Waals surface area contributed by atoms with Gasteiger partial charge >= 0.3 is 12.2 Å². The zero-order chi connectivity index (χ0) is 32.5. The molecular weight excluding hydrogens is 564 g/mol. The van der Waals surface area contributed by atoms with Crippen molar-refractivity contribution >= 4 is 23.9 Å². The van der Waals surface area contributed by atoms with Crippen molar-refractivity contribution in [1.29, 1.82) is 5.41 Å². The maximum Gasteiger partial charge on any atom is 0.436 e. The number of amidine groups is 2. The van der Waals surface area contributed by atoms with Crippen molar-refractivity contribution in [1.82, 2.24) is 15.1 Å². The van der Waals surface area contributed by atoms with Crippen molar-refractivity contribution in [2.24, 2.45) is 10.7 Å². The van der Waals surface area contributed by atoms with Gasteiger partial charge in [0.25, 0.3) is 0 Å². The molecule has 44 heavy (non-hydrogen) atoms. The van der Waals surface area contributed by atoms with Gasteiger partial charge in [-0.05, 0) is 97.0 Å². The first-order chi connectivity index (χ1) is 20.6. The number of rotatable bonds is 10. The van der Waals surface area contributed by atoms with Crippen LogP contribution in [0.15, 0.2) is 65.9 Å². The Morgan fingerprint density at radius 2 is 1.27 bits per heavy atom. The normalized spacial score (nSPS) is 15.2. The minimum Gasteiger partial charge on any atom is -0.492 e. The summed E-state index contributed by atoms with van der Waals surface area (Å²) in [6, 6.07) is 14.0. The van der Waals surface area contributed by atoms with Crippen LogP contribution in [-0.4, -0.2) is 77.3 Å². The number of carbonyl (C=O) groups excluding carboxylic acids is 2. The summed E-state index contributed by atoms with van der Waals surface area (Å²) >= 11 is 0. The highest BCUT2D eigenvalue weighted by Crippen LogP contribution is 2.18. The molecule has 2 aromatic rings. The zero-order valence-electron chi connectivity index (χ0n) is 26.5. The summed E-state index contributed by atoms with van der Waals surface area (Å²) in [5.74, 6) is 1.39. The van der Waals surface area contributed by atoms with Gasteiger partial charge < -0.3 is 34.5 Å². The van der Waals surface area contributed by atoms with Gasteiger partial charge in [0.15, 0.2) is 0 Å². The number of carbonyl (C=O) groups is 2. The summed E-state index contributed by atoms with van der Waals surface area (Å²) in [5, 5.41) is 10.5. The minimum absolute atomic E-state index is 0.0441. The second kappa shape index (κ2) is 14.6. The third kappa shape index (κ3) is 11.2. The molecule has 0 aliphatic carbocycles. The van der Waals surface area contributed by atoms with E-state index in [9.17, 15) is 9.59 Å². The number of nitrogens with zero attached hydrogens (tertiary/aromatic N) is 3. The van der Waals surface area contributed by atoms with E-state index in [2.05, 4.69) is 27.0 Å². The molecule has 2 aromatic carbocycles. The molecule has 3 rings (SSSR count). The smallest absolute Gasteiger partial charge is 0.436 e. The Morgan fingerprint density at radius 3 is 1.73 bits per heavy atom. The van der Waals surface area contributed by atoms with Crippen molar-refractivity contribution in [3.63, 3.8) is 0 Å². The van der Waals surface area contributed by atoms with Gasteiger partial charge in [0.05, 0.1) is 19.3 Å². The molecule has 1 unspecified atom stereocenters. The molecule has 0 bridgehead atoms. The van der Waals surface area contributed by atoms with Gasteiger partial charge in [0.1, 0.15) is 47.6 Å². The van der Waals surface area contributed by atoms with Gasteiger partial charge in [-0.25, -0.2) is 9.59 Å². The Kier molecular flexibility index (Phi) is 11.2. The van der Waals surface area contributed by atoms with Crippen molar-refractivity contribution in [3.05, 3.63) is 72.1 Å². The molecule has 12 nitrogen and oxygen atoms in total. The van der Waals surface area contributed by atoms with Crippen LogP contribution in [0.2, 0.25) is 0 Å². The quantitative estimate of drug-likeness (QED) is 0.248. The van der Waals surface area contributed by atoms with E-state index in [1.165, 1.54) is 0 Å². The van der Waals surface area contributed by atoms with Crippen LogP contribution in [-0.2, 0) is 9.47 Å². The molecule has 2 amide bonds. The number of nitrogens with two attached hydrogens (primary N) is 1. The van der Waals surface area contributed by atoms with E-state index < -0.39 is 23.4 Å². The van der Waals surface area contributed by atoms with Crippen molar-refractivity contribution in [2.45, 2.75) is 65.8 Å². The average molecular weight is 609 g/mol. The van der Waals surface area contributed by atoms with Gasteiger partial charge in [0, 0.05) is 23.5 Å². The van der Waals surface area contributed by atoms with Crippen LogP contribution >= 0.6 is 0 Å². The van der Waals surface area contributed by atoms with Crippen LogP contribution < -0.4 is 20.5 Å². The topological polar surface area (TPSA) is 152 Å². The zero-order valence-corrected chi connectivity index (χ0v) is 26.5. The van der Waals surface area contributed by atoms with Crippen molar-refractivity contribution in [2.75, 3.05) is 26.3 Å². The molecule has 0 fully saturated rings. The fourth-order valence-electron chi connectivity index (χ4n) is 4.04. The van der Waals surface area contributed by atoms with Crippen LogP contribution in [0.1, 0.15) is 59.6 Å². The van der Waals surface area contributed by atoms with E-state index >= 15 is 0 Å². The summed E-state index contributed by atoms with van der Waals surface area (Å²) in [6.07, 6.45) is 2.80. The Morgan fingerprint density at radius 1 is 0.818 bits per heavy atom. The predicted octanol–water partition coefficient (Wildman–Crippen LogP) is 5.07. The number of ether oxygens (including phenoxy) is 4. The van der Waals surface area contributed by atoms with E-state index in [-0.39, 0.29) is 17.8 Å². The van der Waals surface area contributed by atoms with E-state index in [0.717, 1.165) is 0 Å². The summed E-state index contributed by atoms with van der Waals surface area (Å²) in [6.45, 7) is 15.0. The summed E-state index contributed by atoms with van der Waals surface area (Å²) in [7, 11) is 0. The van der Waals surface area contributed by atoms with Crippen LogP contribution in [0, 0.1) is 5.41 Å². The fourth-order valence-corrected chi connectivity index (χ4v) is 4.04. The number of hydrogen-bond acceptors (Lipinski definition) is 9. The molecular formula is C32H44N6O6. The minimum atomic E-state index is -0.730. The maximum absolute atomic E-state index is 11.9. The molecule has 12 heteroatoms. The molecule has 0 radical (unpaired) electrons. The van der Waals surface area contributed by atoms with Gasteiger partial charge in [-0.2, -0.15) is 4.99 Å². The van der Waals surface area contributed by atoms with Crippen LogP contribution in [0.5, 0.6) is 11.5 Å². The van der Waals surface area contributed by atoms with Crippen LogP contribution in [0.4, 0.5) is 9.59 Å². The lowest BCUT2D eigenvalue weighted by Crippen LogP contribution is -2.39. The fraction of sp³-hybridized carbons (Fsp3) is 0.438. The Balaban J connectivity index is 1.37. The summed E-state index contributed by atoms with van der Waals surface area (Å²) < 4.78 is 22.2. The number of benzene rings is 2. The number of alkyl carbamates (subject to hydrolysis) is 1. The SMILES string of the molecule is CC1N(CCOc2ccc(C(=N)NC(=O)OC(C)(C)C)cc2)C=CN1CCOc1ccc(/C(N)=N/C(=O)OC(C)(C)C)cc1. The van der Waals surface area contributed by atoms with E-state index in [4.69, 9.17) is 30.1 Å². The Bertz CT molecular complexity index is 1340. The van der Waals surface area contributed by atoms with Crippen LogP contribution in [0.3, 0.4) is 0 Å². The molecule has 1 aliphatic heterocycles. The first-order valence-electron chi connectivity index (χ1n) is 14.4. The summed E-state index contributed by atoms with van der Waals surface area (Å²) in [5.41, 5.74) is 5.81. The first kappa shape index (κ1) is 33.8. The average Bonchev–Trinajstić information content (AvgIpc) is 3.26. The lowest BCUT2D eigenvalue weighted by Gasteiger charge is -2.29. The highest BCUT2D eigenvalue weighted by atomic mass is 16.6. The summed E-state index contributed by atoms with van der Waals surface area (Å²) in [4.78, 5) is 31.9. The number of hydrogen-bond donors (Lipinski definition) is 3. The number of amides is 2. The van der Waals surface area contributed by atoms with Gasteiger partial charge in [-0.1, -0.05) is 0 Å². The van der Waals surface area contributed by atoms with Gasteiger partial charge in [-0.3, -0.25) is 10.7 Å². The number of aliphatic imine (C=N–C) groups is 1. The van der Waals surface area contributed by atoms with Gasteiger partial charge in [0.2, 0.25) is 0 Å². The van der Waals surface area contributed by atoms with E-state index in [0.29, 0.717) is 48.9 Å². The van der Waals surface area contributed by atoms with E-state index in [1.807, 2.05) is 12.4 Å². The predicted molar refractivity (Wildman–Crippen MR) is 169 cm³/mol. The highest BCUT2D eigenvalue weighted by molar-refractivity contribution is 6.04. The molecule has 0 saturated carbocycles. The third-order valence-electron chi connectivity index (χ3n) is 6.17. The number of nitrogens with one attached hydrogen (secondary N) is 2. The van der Waals surface area contributed by atoms with Gasteiger partial charge in [-0.15, -0.1) is 0 Å². The first-order valence-corrected chi connectivity index (χ1v) is 14.4. The monoisotopic (exact) mass is 608 g/mol. The van der Waals surface area contributed by atoms with Crippen molar-refractivity contribution in [3.8, 4) is 11.5 Å². The largest absolute Gasteiger partial charge is 0.492 e. The molecule has 1 aliphatic rings. The molecule has 0 saturated heterocycles. The lowest BCUT2D eigenvalue weighted by molar-refractivity contribution is 0.0560. The van der Waals surface area contributed by atoms with Crippen molar-refractivity contribution < 1.29 is 28.5 Å².